The van der Waals surface area contributed by atoms with Crippen molar-refractivity contribution in [3.05, 3.63) is 0 Å². The van der Waals surface area contributed by atoms with Crippen LogP contribution in [0.4, 0.5) is 0 Å². The van der Waals surface area contributed by atoms with Crippen molar-refractivity contribution < 1.29 is 8.42 Å². The second-order valence-corrected chi connectivity index (χ2v) is 9.58. The van der Waals surface area contributed by atoms with Gasteiger partial charge in [-0.3, -0.25) is 0 Å². The number of hydrogen-bond donors (Lipinski definition) is 1. The van der Waals surface area contributed by atoms with Gasteiger partial charge >= 0.3 is 0 Å². The molecule has 0 radical (unpaired) electrons. The quantitative estimate of drug-likeness (QED) is 0.815. The monoisotopic (exact) mass is 285 g/mol. The first-order valence-electron chi connectivity index (χ1n) is 7.96. The predicted octanol–water partition coefficient (Wildman–Crippen LogP) is 2.37. The summed E-state index contributed by atoms with van der Waals surface area (Å²) in [6, 6.07) is 0. The molecule has 0 aromatic rings. The van der Waals surface area contributed by atoms with Crippen LogP contribution in [0.5, 0.6) is 0 Å². The summed E-state index contributed by atoms with van der Waals surface area (Å²) in [6.45, 7) is 2.60. The molecule has 3 nitrogen and oxygen atoms in total. The van der Waals surface area contributed by atoms with Gasteiger partial charge in [-0.2, -0.15) is 0 Å². The van der Waals surface area contributed by atoms with Crippen LogP contribution in [-0.2, 0) is 9.84 Å². The highest BCUT2D eigenvalue weighted by molar-refractivity contribution is 7.91. The molecule has 4 fully saturated rings. The van der Waals surface area contributed by atoms with E-state index in [1.807, 2.05) is 6.92 Å². The molecule has 0 amide bonds. The number of rotatable bonds is 6. The van der Waals surface area contributed by atoms with E-state index in [0.717, 1.165) is 24.2 Å². The summed E-state index contributed by atoms with van der Waals surface area (Å²) in [5.41, 5.74) is 0.302. The minimum atomic E-state index is -2.83. The Bertz CT molecular complexity index is 394. The molecule has 4 rings (SSSR count). The molecule has 0 heterocycles. The van der Waals surface area contributed by atoms with Gasteiger partial charge in [-0.1, -0.05) is 6.92 Å². The van der Waals surface area contributed by atoms with Crippen molar-refractivity contribution in [2.75, 3.05) is 18.1 Å². The van der Waals surface area contributed by atoms with Crippen molar-refractivity contribution in [1.29, 1.82) is 0 Å². The van der Waals surface area contributed by atoms with Gasteiger partial charge in [0.1, 0.15) is 0 Å². The molecule has 0 aromatic carbocycles. The molecule has 0 unspecified atom stereocenters. The fraction of sp³-hybridized carbons (Fsp3) is 1.00. The molecule has 110 valence electrons. The summed E-state index contributed by atoms with van der Waals surface area (Å²) in [5, 5.41) is 3.66. The fourth-order valence-corrected chi connectivity index (χ4v) is 6.45. The van der Waals surface area contributed by atoms with E-state index in [1.54, 1.807) is 0 Å². The summed E-state index contributed by atoms with van der Waals surface area (Å²) in [6.07, 6.45) is 8.95. The van der Waals surface area contributed by atoms with Gasteiger partial charge in [0, 0.05) is 17.8 Å². The summed E-state index contributed by atoms with van der Waals surface area (Å²) in [7, 11) is -2.83. The summed E-state index contributed by atoms with van der Waals surface area (Å²) in [5.74, 6) is 3.43. The van der Waals surface area contributed by atoms with Gasteiger partial charge in [0.05, 0.1) is 5.75 Å². The Morgan fingerprint density at radius 3 is 2.00 bits per heavy atom. The minimum absolute atomic E-state index is 0.302. The molecule has 0 aliphatic heterocycles. The van der Waals surface area contributed by atoms with Crippen molar-refractivity contribution in [2.45, 2.75) is 57.4 Å². The van der Waals surface area contributed by atoms with Crippen LogP contribution < -0.4 is 5.32 Å². The van der Waals surface area contributed by atoms with Crippen LogP contribution in [0, 0.1) is 17.8 Å². The van der Waals surface area contributed by atoms with Crippen molar-refractivity contribution in [3.8, 4) is 0 Å². The molecule has 19 heavy (non-hydrogen) atoms. The first-order chi connectivity index (χ1) is 9.00. The second-order valence-electron chi connectivity index (χ2n) is 7.28. The Morgan fingerprint density at radius 2 is 1.53 bits per heavy atom. The van der Waals surface area contributed by atoms with Gasteiger partial charge in [-0.25, -0.2) is 8.42 Å². The summed E-state index contributed by atoms with van der Waals surface area (Å²) >= 11 is 0. The lowest BCUT2D eigenvalue weighted by Gasteiger charge is -2.57. The highest BCUT2D eigenvalue weighted by Gasteiger charge is 2.50. The summed E-state index contributed by atoms with van der Waals surface area (Å²) in [4.78, 5) is 0. The molecule has 1 N–H and O–H groups in total. The Hall–Kier alpha value is -0.0900. The Labute approximate surface area is 117 Å². The van der Waals surface area contributed by atoms with E-state index in [-0.39, 0.29) is 0 Å². The molecule has 0 spiro atoms. The van der Waals surface area contributed by atoms with Crippen molar-refractivity contribution in [1.82, 2.24) is 5.32 Å². The van der Waals surface area contributed by atoms with E-state index in [1.165, 1.54) is 38.5 Å². The molecular formula is C15H27NO2S. The third-order valence-electron chi connectivity index (χ3n) is 5.47. The Balaban J connectivity index is 1.55. The maximum atomic E-state index is 11.8. The third kappa shape index (κ3) is 2.99. The normalized spacial score (nSPS) is 40.8. The van der Waals surface area contributed by atoms with E-state index in [4.69, 9.17) is 0 Å². The lowest BCUT2D eigenvalue weighted by Crippen LogP contribution is -2.59. The van der Waals surface area contributed by atoms with Crippen molar-refractivity contribution in [2.24, 2.45) is 17.8 Å². The first kappa shape index (κ1) is 13.9. The molecule has 4 aliphatic carbocycles. The highest BCUT2D eigenvalue weighted by atomic mass is 32.2. The van der Waals surface area contributed by atoms with Gasteiger partial charge in [0.2, 0.25) is 0 Å². The maximum absolute atomic E-state index is 11.8. The molecule has 4 heteroatoms. The van der Waals surface area contributed by atoms with Gasteiger partial charge in [-0.05, 0) is 62.7 Å². The van der Waals surface area contributed by atoms with Gasteiger partial charge in [-0.15, -0.1) is 0 Å². The Morgan fingerprint density at radius 1 is 1.00 bits per heavy atom. The maximum Gasteiger partial charge on any atom is 0.151 e. The first-order valence-corrected chi connectivity index (χ1v) is 9.78. The number of sulfone groups is 1. The van der Waals surface area contributed by atoms with Crippen LogP contribution in [0.25, 0.3) is 0 Å². The highest BCUT2D eigenvalue weighted by Crippen LogP contribution is 2.55. The molecular weight excluding hydrogens is 258 g/mol. The fourth-order valence-electron chi connectivity index (χ4n) is 5.21. The lowest BCUT2D eigenvalue weighted by molar-refractivity contribution is -0.0186. The van der Waals surface area contributed by atoms with Crippen LogP contribution in [0.15, 0.2) is 0 Å². The zero-order chi connectivity index (χ0) is 13.5. The molecule has 0 atom stereocenters. The molecule has 0 saturated heterocycles. The zero-order valence-corrected chi connectivity index (χ0v) is 12.8. The topological polar surface area (TPSA) is 46.2 Å². The smallest absolute Gasteiger partial charge is 0.151 e. The van der Waals surface area contributed by atoms with Crippen LogP contribution >= 0.6 is 0 Å². The van der Waals surface area contributed by atoms with Crippen LogP contribution in [0.2, 0.25) is 0 Å². The van der Waals surface area contributed by atoms with Crippen LogP contribution in [0.3, 0.4) is 0 Å². The average Bonchev–Trinajstić information content (AvgIpc) is 2.25. The van der Waals surface area contributed by atoms with Crippen LogP contribution in [-0.4, -0.2) is 32.0 Å². The van der Waals surface area contributed by atoms with E-state index >= 15 is 0 Å². The van der Waals surface area contributed by atoms with Crippen molar-refractivity contribution >= 4 is 9.84 Å². The molecule has 4 bridgehead atoms. The largest absolute Gasteiger partial charge is 0.310 e. The van der Waals surface area contributed by atoms with Gasteiger partial charge < -0.3 is 5.32 Å². The molecule has 4 aliphatic rings. The standard InChI is InChI=1S/C15H27NO2S/c1-2-4-19(17,18)5-3-16-15-9-12-6-13(10-15)8-14(7-12)11-15/h12-14,16H,2-11H2,1H3. The summed E-state index contributed by atoms with van der Waals surface area (Å²) < 4.78 is 23.6. The molecule has 0 aromatic heterocycles. The van der Waals surface area contributed by atoms with E-state index in [9.17, 15) is 8.42 Å². The van der Waals surface area contributed by atoms with Crippen molar-refractivity contribution in [3.63, 3.8) is 0 Å². The van der Waals surface area contributed by atoms with Gasteiger partial charge in [0.15, 0.2) is 9.84 Å². The SMILES string of the molecule is CCCS(=O)(=O)CCNC12CC3CC(CC(C3)C1)C2. The van der Waals surface area contributed by atoms with E-state index in [0.29, 0.717) is 23.6 Å². The Kier molecular flexibility index (Phi) is 3.67. The number of hydrogen-bond acceptors (Lipinski definition) is 3. The van der Waals surface area contributed by atoms with E-state index < -0.39 is 9.84 Å². The lowest BCUT2D eigenvalue weighted by atomic mass is 9.53. The van der Waals surface area contributed by atoms with E-state index in [2.05, 4.69) is 5.32 Å². The number of nitrogens with one attached hydrogen (secondary N) is 1. The van der Waals surface area contributed by atoms with Crippen LogP contribution in [0.1, 0.15) is 51.9 Å². The molecule has 4 saturated carbocycles. The zero-order valence-electron chi connectivity index (χ0n) is 12.0. The predicted molar refractivity (Wildman–Crippen MR) is 77.9 cm³/mol. The van der Waals surface area contributed by atoms with Gasteiger partial charge in [0.25, 0.3) is 0 Å². The average molecular weight is 285 g/mol. The second kappa shape index (κ2) is 5.03. The minimum Gasteiger partial charge on any atom is -0.310 e. The third-order valence-corrected chi connectivity index (χ3v) is 7.32.